The Kier molecular flexibility index (Phi) is 7.57. The van der Waals surface area contributed by atoms with E-state index >= 15 is 0 Å². The van der Waals surface area contributed by atoms with E-state index in [-0.39, 0.29) is 0 Å². The third-order valence-electron chi connectivity index (χ3n) is 4.06. The monoisotopic (exact) mass is 462 g/mol. The highest BCUT2D eigenvalue weighted by molar-refractivity contribution is 6.42. The number of ether oxygens (including phenoxy) is 2. The normalized spacial score (nSPS) is 10.8. The van der Waals surface area contributed by atoms with Crippen LogP contribution in [0, 0.1) is 0 Å². The van der Waals surface area contributed by atoms with Crippen LogP contribution in [0.25, 0.3) is 0 Å². The molecule has 0 bridgehead atoms. The zero-order chi connectivity index (χ0) is 21.5. The van der Waals surface area contributed by atoms with Crippen LogP contribution in [0.3, 0.4) is 0 Å². The Morgan fingerprint density at radius 2 is 1.73 bits per heavy atom. The number of nitrogens with one attached hydrogen (secondary N) is 1. The van der Waals surface area contributed by atoms with Crippen molar-refractivity contribution in [1.82, 2.24) is 5.43 Å². The Morgan fingerprint density at radius 3 is 2.43 bits per heavy atom. The number of carbonyl (C=O) groups is 1. The number of amides is 1. The van der Waals surface area contributed by atoms with Crippen LogP contribution in [0.15, 0.2) is 65.8 Å². The predicted octanol–water partition coefficient (Wildman–Crippen LogP) is 6.00. The van der Waals surface area contributed by atoms with Crippen molar-refractivity contribution in [2.24, 2.45) is 5.10 Å². The maximum atomic E-state index is 12.2. The molecular formula is C22H17Cl3N2O3. The summed E-state index contributed by atoms with van der Waals surface area (Å²) >= 11 is 17.7. The van der Waals surface area contributed by atoms with E-state index < -0.39 is 5.91 Å². The van der Waals surface area contributed by atoms with E-state index in [0.717, 1.165) is 11.1 Å². The van der Waals surface area contributed by atoms with E-state index in [1.54, 1.807) is 49.6 Å². The molecule has 154 valence electrons. The first kappa shape index (κ1) is 22.0. The molecule has 0 heterocycles. The number of rotatable bonds is 7. The number of benzene rings is 3. The number of halogens is 3. The fraction of sp³-hybridized carbons (Fsp3) is 0.0909. The fourth-order valence-corrected chi connectivity index (χ4v) is 2.92. The molecule has 0 saturated carbocycles. The Morgan fingerprint density at radius 1 is 0.967 bits per heavy atom. The number of hydrogen-bond donors (Lipinski definition) is 1. The maximum absolute atomic E-state index is 12.2. The number of carbonyl (C=O) groups excluding carboxylic acids is 1. The van der Waals surface area contributed by atoms with E-state index in [0.29, 0.717) is 38.7 Å². The highest BCUT2D eigenvalue weighted by Crippen LogP contribution is 2.28. The van der Waals surface area contributed by atoms with Crippen molar-refractivity contribution in [3.63, 3.8) is 0 Å². The lowest BCUT2D eigenvalue weighted by Crippen LogP contribution is -2.17. The lowest BCUT2D eigenvalue weighted by Gasteiger charge is -2.11. The molecule has 30 heavy (non-hydrogen) atoms. The minimum absolute atomic E-state index is 0.297. The maximum Gasteiger partial charge on any atom is 0.271 e. The van der Waals surface area contributed by atoms with E-state index in [2.05, 4.69) is 10.5 Å². The van der Waals surface area contributed by atoms with Gasteiger partial charge >= 0.3 is 0 Å². The molecule has 5 nitrogen and oxygen atoms in total. The topological polar surface area (TPSA) is 59.9 Å². The SMILES string of the molecule is COc1ccc(/C=N\NC(=O)c2ccc(Cl)c(Cl)c2)cc1OCc1ccc(Cl)cc1. The molecular weight excluding hydrogens is 447 g/mol. The van der Waals surface area contributed by atoms with Crippen molar-refractivity contribution in [1.29, 1.82) is 0 Å². The first-order valence-electron chi connectivity index (χ1n) is 8.80. The minimum Gasteiger partial charge on any atom is -0.493 e. The van der Waals surface area contributed by atoms with Crippen LogP contribution >= 0.6 is 34.8 Å². The van der Waals surface area contributed by atoms with Crippen LogP contribution < -0.4 is 14.9 Å². The van der Waals surface area contributed by atoms with Crippen molar-refractivity contribution >= 4 is 46.9 Å². The average Bonchev–Trinajstić information content (AvgIpc) is 2.75. The number of hydrogen-bond acceptors (Lipinski definition) is 4. The molecule has 1 N–H and O–H groups in total. The Bertz CT molecular complexity index is 1070. The molecule has 3 aromatic rings. The zero-order valence-corrected chi connectivity index (χ0v) is 18.1. The fourth-order valence-electron chi connectivity index (χ4n) is 2.50. The molecule has 3 aromatic carbocycles. The second-order valence-electron chi connectivity index (χ2n) is 6.15. The van der Waals surface area contributed by atoms with Crippen LogP contribution in [0.5, 0.6) is 11.5 Å². The van der Waals surface area contributed by atoms with Gasteiger partial charge in [-0.3, -0.25) is 4.79 Å². The highest BCUT2D eigenvalue weighted by atomic mass is 35.5. The Hall–Kier alpha value is -2.73. The molecule has 0 aliphatic heterocycles. The van der Waals surface area contributed by atoms with Gasteiger partial charge in [0.1, 0.15) is 6.61 Å². The van der Waals surface area contributed by atoms with Crippen molar-refractivity contribution in [3.8, 4) is 11.5 Å². The van der Waals surface area contributed by atoms with Gasteiger partial charge in [0.05, 0.1) is 23.4 Å². The van der Waals surface area contributed by atoms with Crippen LogP contribution in [-0.2, 0) is 6.61 Å². The summed E-state index contributed by atoms with van der Waals surface area (Å²) in [5, 5.41) is 5.32. The summed E-state index contributed by atoms with van der Waals surface area (Å²) in [5.41, 5.74) is 4.49. The van der Waals surface area contributed by atoms with Crippen LogP contribution in [0.4, 0.5) is 0 Å². The average molecular weight is 464 g/mol. The summed E-state index contributed by atoms with van der Waals surface area (Å²) in [6, 6.07) is 17.3. The van der Waals surface area contributed by atoms with Crippen molar-refractivity contribution in [2.45, 2.75) is 6.61 Å². The number of hydrazone groups is 1. The zero-order valence-electron chi connectivity index (χ0n) is 15.9. The van der Waals surface area contributed by atoms with Gasteiger partial charge in [0, 0.05) is 10.6 Å². The second-order valence-corrected chi connectivity index (χ2v) is 7.40. The van der Waals surface area contributed by atoms with E-state index in [4.69, 9.17) is 44.3 Å². The molecule has 0 aromatic heterocycles. The van der Waals surface area contributed by atoms with Gasteiger partial charge in [-0.2, -0.15) is 5.10 Å². The van der Waals surface area contributed by atoms with E-state index in [1.807, 2.05) is 12.1 Å². The molecule has 0 saturated heterocycles. The van der Waals surface area contributed by atoms with Gasteiger partial charge in [0.15, 0.2) is 11.5 Å². The quantitative estimate of drug-likeness (QED) is 0.345. The van der Waals surface area contributed by atoms with E-state index in [1.165, 1.54) is 12.3 Å². The van der Waals surface area contributed by atoms with Crippen LogP contribution in [0.1, 0.15) is 21.5 Å². The first-order valence-corrected chi connectivity index (χ1v) is 9.93. The number of methoxy groups -OCH3 is 1. The predicted molar refractivity (Wildman–Crippen MR) is 120 cm³/mol. The minimum atomic E-state index is -0.405. The molecule has 8 heteroatoms. The van der Waals surface area contributed by atoms with Gasteiger partial charge in [-0.15, -0.1) is 0 Å². The summed E-state index contributed by atoms with van der Waals surface area (Å²) in [5.74, 6) is 0.728. The summed E-state index contributed by atoms with van der Waals surface area (Å²) in [7, 11) is 1.57. The van der Waals surface area contributed by atoms with Gasteiger partial charge in [-0.05, 0) is 59.7 Å². The van der Waals surface area contributed by atoms with Crippen molar-refractivity contribution in [3.05, 3.63) is 92.4 Å². The molecule has 0 radical (unpaired) electrons. The molecule has 0 aliphatic rings. The number of nitrogens with zero attached hydrogens (tertiary/aromatic N) is 1. The van der Waals surface area contributed by atoms with Crippen LogP contribution in [-0.4, -0.2) is 19.2 Å². The van der Waals surface area contributed by atoms with E-state index in [9.17, 15) is 4.79 Å². The highest BCUT2D eigenvalue weighted by Gasteiger charge is 2.08. The first-order chi connectivity index (χ1) is 14.5. The molecule has 0 fully saturated rings. The van der Waals surface area contributed by atoms with Gasteiger partial charge in [-0.25, -0.2) is 5.43 Å². The van der Waals surface area contributed by atoms with Crippen LogP contribution in [0.2, 0.25) is 15.1 Å². The second kappa shape index (κ2) is 10.3. The lowest BCUT2D eigenvalue weighted by molar-refractivity contribution is 0.0955. The summed E-state index contributed by atoms with van der Waals surface area (Å²) < 4.78 is 11.2. The van der Waals surface area contributed by atoms with Gasteiger partial charge in [0.25, 0.3) is 5.91 Å². The Balaban J connectivity index is 1.66. The third kappa shape index (κ3) is 5.89. The smallest absolute Gasteiger partial charge is 0.271 e. The standard InChI is InChI=1S/C22H17Cl3N2O3/c1-29-20-9-4-15(10-21(20)30-13-14-2-6-17(23)7-3-14)12-26-27-22(28)16-5-8-18(24)19(25)11-16/h2-12H,13H2,1H3,(H,27,28)/b26-12-. The third-order valence-corrected chi connectivity index (χ3v) is 5.05. The van der Waals surface area contributed by atoms with Crippen molar-refractivity contribution in [2.75, 3.05) is 7.11 Å². The molecule has 0 spiro atoms. The summed E-state index contributed by atoms with van der Waals surface area (Å²) in [4.78, 5) is 12.2. The molecule has 3 rings (SSSR count). The molecule has 0 unspecified atom stereocenters. The molecule has 0 atom stereocenters. The molecule has 0 aliphatic carbocycles. The lowest BCUT2D eigenvalue weighted by atomic mass is 10.2. The van der Waals surface area contributed by atoms with Gasteiger partial charge in [-0.1, -0.05) is 46.9 Å². The van der Waals surface area contributed by atoms with Gasteiger partial charge < -0.3 is 9.47 Å². The van der Waals surface area contributed by atoms with Crippen molar-refractivity contribution < 1.29 is 14.3 Å². The molecule has 1 amide bonds. The Labute approximate surface area is 189 Å². The largest absolute Gasteiger partial charge is 0.493 e. The summed E-state index contributed by atoms with van der Waals surface area (Å²) in [6.45, 7) is 0.349. The summed E-state index contributed by atoms with van der Waals surface area (Å²) in [6.07, 6.45) is 1.50. The van der Waals surface area contributed by atoms with Gasteiger partial charge in [0.2, 0.25) is 0 Å².